The molecule has 4 rings (SSSR count). The molecule has 0 atom stereocenters. The fraction of sp³-hybridized carbons (Fsp3) is 0.333. The maximum absolute atomic E-state index is 12.6. The number of hydrogen-bond acceptors (Lipinski definition) is 5. The lowest BCUT2D eigenvalue weighted by Gasteiger charge is -2.30. The van der Waals surface area contributed by atoms with Crippen LogP contribution in [-0.2, 0) is 6.54 Å². The molecule has 0 radical (unpaired) electrons. The van der Waals surface area contributed by atoms with Crippen molar-refractivity contribution in [1.29, 1.82) is 0 Å². The van der Waals surface area contributed by atoms with E-state index >= 15 is 0 Å². The third-order valence-corrected chi connectivity index (χ3v) is 5.58. The normalized spacial score (nSPS) is 15.1. The second kappa shape index (κ2) is 9.13. The summed E-state index contributed by atoms with van der Waals surface area (Å²) in [6, 6.07) is 17.1. The predicted molar refractivity (Wildman–Crippen MR) is 117 cm³/mol. The van der Waals surface area contributed by atoms with Gasteiger partial charge in [0.1, 0.15) is 5.75 Å². The number of rotatable bonds is 6. The molecule has 3 aromatic rings. The lowest BCUT2D eigenvalue weighted by atomic mass is 9.99. The van der Waals surface area contributed by atoms with E-state index in [9.17, 15) is 4.79 Å². The molecule has 0 spiro atoms. The summed E-state index contributed by atoms with van der Waals surface area (Å²) in [5, 5.41) is 6.85. The van der Waals surface area contributed by atoms with Gasteiger partial charge in [0.15, 0.2) is 11.5 Å². The summed E-state index contributed by atoms with van der Waals surface area (Å²) in [5.41, 5.74) is 3.04. The average Bonchev–Trinajstić information content (AvgIpc) is 3.26. The number of carbonyl (C=O) groups is 1. The zero-order valence-corrected chi connectivity index (χ0v) is 17.4. The molecule has 1 N–H and O–H groups in total. The number of carbonyl (C=O) groups excluding carboxylic acids is 1. The summed E-state index contributed by atoms with van der Waals surface area (Å²) >= 11 is 0. The van der Waals surface area contributed by atoms with Crippen molar-refractivity contribution in [2.45, 2.75) is 26.3 Å². The zero-order valence-electron chi connectivity index (χ0n) is 17.4. The van der Waals surface area contributed by atoms with Crippen molar-refractivity contribution in [1.82, 2.24) is 10.1 Å². The SMILES string of the molecule is COc1ccc(-c2cc(C(=O)Nc3cccc(CN4CCC(C)CC4)c3)no2)cc1. The molecule has 0 saturated carbocycles. The van der Waals surface area contributed by atoms with Gasteiger partial charge in [-0.3, -0.25) is 9.69 Å². The van der Waals surface area contributed by atoms with Crippen LogP contribution in [0.2, 0.25) is 0 Å². The first-order valence-electron chi connectivity index (χ1n) is 10.3. The lowest BCUT2D eigenvalue weighted by molar-refractivity contribution is 0.101. The molecule has 0 unspecified atom stereocenters. The molecule has 1 fully saturated rings. The van der Waals surface area contributed by atoms with Crippen molar-refractivity contribution in [2.75, 3.05) is 25.5 Å². The van der Waals surface area contributed by atoms with Gasteiger partial charge in [-0.1, -0.05) is 24.2 Å². The van der Waals surface area contributed by atoms with Crippen LogP contribution in [0.1, 0.15) is 35.8 Å². The van der Waals surface area contributed by atoms with Crippen molar-refractivity contribution < 1.29 is 14.1 Å². The molecule has 1 aliphatic rings. The molecule has 1 amide bonds. The summed E-state index contributed by atoms with van der Waals surface area (Å²) < 4.78 is 10.5. The molecule has 0 bridgehead atoms. The van der Waals surface area contributed by atoms with Gasteiger partial charge in [-0.15, -0.1) is 0 Å². The molecule has 1 aliphatic heterocycles. The fourth-order valence-electron chi connectivity index (χ4n) is 3.69. The monoisotopic (exact) mass is 405 g/mol. The number of piperidine rings is 1. The topological polar surface area (TPSA) is 67.6 Å². The Kier molecular flexibility index (Phi) is 6.14. The highest BCUT2D eigenvalue weighted by atomic mass is 16.5. The molecule has 0 aliphatic carbocycles. The summed E-state index contributed by atoms with van der Waals surface area (Å²) in [5.74, 6) is 1.82. The van der Waals surface area contributed by atoms with Crippen LogP contribution in [0.4, 0.5) is 5.69 Å². The number of anilines is 1. The minimum atomic E-state index is -0.289. The molecule has 1 saturated heterocycles. The van der Waals surface area contributed by atoms with E-state index in [1.165, 1.54) is 18.4 Å². The molecule has 2 heterocycles. The Morgan fingerprint density at radius 1 is 1.17 bits per heavy atom. The van der Waals surface area contributed by atoms with Crippen LogP contribution >= 0.6 is 0 Å². The van der Waals surface area contributed by atoms with E-state index < -0.39 is 0 Å². The van der Waals surface area contributed by atoms with Crippen molar-refractivity contribution in [3.63, 3.8) is 0 Å². The second-order valence-corrected chi connectivity index (χ2v) is 7.92. The largest absolute Gasteiger partial charge is 0.497 e. The summed E-state index contributed by atoms with van der Waals surface area (Å²) in [4.78, 5) is 15.1. The maximum Gasteiger partial charge on any atom is 0.277 e. The van der Waals surface area contributed by atoms with Crippen molar-refractivity contribution in [2.24, 2.45) is 5.92 Å². The highest BCUT2D eigenvalue weighted by molar-refractivity contribution is 6.03. The average molecular weight is 405 g/mol. The Bertz CT molecular complexity index is 989. The first kappa shape index (κ1) is 20.2. The van der Waals surface area contributed by atoms with Crippen LogP contribution in [0.3, 0.4) is 0 Å². The zero-order chi connectivity index (χ0) is 20.9. The van der Waals surface area contributed by atoms with Gasteiger partial charge < -0.3 is 14.6 Å². The van der Waals surface area contributed by atoms with Crippen LogP contribution in [-0.4, -0.2) is 36.2 Å². The molecule has 6 heteroatoms. The standard InChI is InChI=1S/C24H27N3O3/c1-17-10-12-27(13-11-17)16-18-4-3-5-20(14-18)25-24(28)22-15-23(30-26-22)19-6-8-21(29-2)9-7-19/h3-9,14-15,17H,10-13,16H2,1-2H3,(H,25,28). The molecule has 6 nitrogen and oxygen atoms in total. The maximum atomic E-state index is 12.6. The second-order valence-electron chi connectivity index (χ2n) is 7.92. The van der Waals surface area contributed by atoms with Gasteiger partial charge >= 0.3 is 0 Å². The molecule has 156 valence electrons. The molecular formula is C24H27N3O3. The number of hydrogen-bond donors (Lipinski definition) is 1. The van der Waals surface area contributed by atoms with Gasteiger partial charge in [-0.25, -0.2) is 0 Å². The molecule has 2 aromatic carbocycles. The fourth-order valence-corrected chi connectivity index (χ4v) is 3.69. The van der Waals surface area contributed by atoms with Crippen LogP contribution in [0.5, 0.6) is 5.75 Å². The third kappa shape index (κ3) is 4.89. The number of methoxy groups -OCH3 is 1. The number of aromatic nitrogens is 1. The number of nitrogens with one attached hydrogen (secondary N) is 1. The van der Waals surface area contributed by atoms with Crippen LogP contribution in [0, 0.1) is 5.92 Å². The van der Waals surface area contributed by atoms with E-state index in [2.05, 4.69) is 28.4 Å². The van der Waals surface area contributed by atoms with Gasteiger partial charge in [0.25, 0.3) is 5.91 Å². The predicted octanol–water partition coefficient (Wildman–Crippen LogP) is 4.83. The molecular weight excluding hydrogens is 378 g/mol. The highest BCUT2D eigenvalue weighted by Crippen LogP contribution is 2.24. The number of amides is 1. The minimum absolute atomic E-state index is 0.247. The number of ether oxygens (including phenoxy) is 1. The van der Waals surface area contributed by atoms with Gasteiger partial charge in [0.2, 0.25) is 0 Å². The van der Waals surface area contributed by atoms with E-state index in [0.717, 1.165) is 42.6 Å². The van der Waals surface area contributed by atoms with Crippen molar-refractivity contribution >= 4 is 11.6 Å². The summed E-state index contributed by atoms with van der Waals surface area (Å²) in [6.07, 6.45) is 2.50. The number of nitrogens with zero attached hydrogens (tertiary/aromatic N) is 2. The van der Waals surface area contributed by atoms with Gasteiger partial charge in [0, 0.05) is 23.9 Å². The quantitative estimate of drug-likeness (QED) is 0.636. The van der Waals surface area contributed by atoms with E-state index in [4.69, 9.17) is 9.26 Å². The molecule has 1 aromatic heterocycles. The Morgan fingerprint density at radius 3 is 2.67 bits per heavy atom. The lowest BCUT2D eigenvalue weighted by Crippen LogP contribution is -2.32. The summed E-state index contributed by atoms with van der Waals surface area (Å²) in [6.45, 7) is 5.48. The van der Waals surface area contributed by atoms with E-state index in [1.807, 2.05) is 42.5 Å². The highest BCUT2D eigenvalue weighted by Gasteiger charge is 2.17. The Hall–Kier alpha value is -3.12. The van der Waals surface area contributed by atoms with Gasteiger partial charge in [-0.05, 0) is 73.8 Å². The van der Waals surface area contributed by atoms with Crippen LogP contribution in [0.15, 0.2) is 59.1 Å². The van der Waals surface area contributed by atoms with Crippen LogP contribution in [0.25, 0.3) is 11.3 Å². The number of likely N-dealkylation sites (tertiary alicyclic amines) is 1. The molecule has 30 heavy (non-hydrogen) atoms. The van der Waals surface area contributed by atoms with Gasteiger partial charge in [0.05, 0.1) is 7.11 Å². The van der Waals surface area contributed by atoms with Crippen molar-refractivity contribution in [3.05, 3.63) is 65.9 Å². The van der Waals surface area contributed by atoms with Gasteiger partial charge in [-0.2, -0.15) is 0 Å². The minimum Gasteiger partial charge on any atom is -0.497 e. The summed E-state index contributed by atoms with van der Waals surface area (Å²) in [7, 11) is 1.62. The van der Waals surface area contributed by atoms with Crippen LogP contribution < -0.4 is 10.1 Å². The smallest absolute Gasteiger partial charge is 0.277 e. The van der Waals surface area contributed by atoms with E-state index in [1.54, 1.807) is 13.2 Å². The first-order valence-corrected chi connectivity index (χ1v) is 10.3. The van der Waals surface area contributed by atoms with Crippen molar-refractivity contribution in [3.8, 4) is 17.1 Å². The Morgan fingerprint density at radius 2 is 1.93 bits per heavy atom. The number of benzene rings is 2. The Labute approximate surface area is 176 Å². The Balaban J connectivity index is 1.39. The first-order chi connectivity index (χ1) is 14.6. The van der Waals surface area contributed by atoms with E-state index in [-0.39, 0.29) is 11.6 Å². The third-order valence-electron chi connectivity index (χ3n) is 5.58. The van der Waals surface area contributed by atoms with E-state index in [0.29, 0.717) is 5.76 Å².